The minimum atomic E-state index is -0.638. The Bertz CT molecular complexity index is 2460. The topological polar surface area (TPSA) is 159 Å². The van der Waals surface area contributed by atoms with Crippen molar-refractivity contribution in [2.24, 2.45) is 5.92 Å². The van der Waals surface area contributed by atoms with E-state index >= 15 is 0 Å². The van der Waals surface area contributed by atoms with Crippen LogP contribution in [-0.4, -0.2) is 78.0 Å². The minimum Gasteiger partial charge on any atom is -0.351 e. The molecule has 9 rings (SSSR count). The number of aryl methyl sites for hydroxylation is 1. The molecule has 0 bridgehead atoms. The van der Waals surface area contributed by atoms with Crippen LogP contribution in [0.25, 0.3) is 33.3 Å². The highest BCUT2D eigenvalue weighted by atomic mass is 16.2. The van der Waals surface area contributed by atoms with Crippen molar-refractivity contribution < 1.29 is 24.0 Å². The van der Waals surface area contributed by atoms with Crippen molar-refractivity contribution in [3.05, 3.63) is 101 Å². The van der Waals surface area contributed by atoms with Crippen molar-refractivity contribution in [3.63, 3.8) is 0 Å². The van der Waals surface area contributed by atoms with Crippen LogP contribution in [0.3, 0.4) is 0 Å². The second kappa shape index (κ2) is 14.1. The van der Waals surface area contributed by atoms with Crippen molar-refractivity contribution in [2.75, 3.05) is 13.1 Å². The molecular weight excluding hydrogens is 709 g/mol. The number of imide groups is 1. The van der Waals surface area contributed by atoms with E-state index in [0.29, 0.717) is 49.8 Å². The summed E-state index contributed by atoms with van der Waals surface area (Å²) in [5, 5.41) is 7.36. The number of nitrogens with one attached hydrogen (secondary N) is 2. The van der Waals surface area contributed by atoms with Crippen LogP contribution in [0.4, 0.5) is 0 Å². The summed E-state index contributed by atoms with van der Waals surface area (Å²) in [5.74, 6) is 0.623. The Labute approximate surface area is 323 Å². The molecule has 1 aliphatic carbocycles. The van der Waals surface area contributed by atoms with Crippen molar-refractivity contribution in [1.82, 2.24) is 40.0 Å². The van der Waals surface area contributed by atoms with E-state index in [1.54, 1.807) is 24.1 Å². The normalized spacial score (nSPS) is 20.2. The number of fused-ring (bicyclic) bond motifs is 3. The van der Waals surface area contributed by atoms with E-state index in [1.807, 2.05) is 41.4 Å². The first-order chi connectivity index (χ1) is 27.2. The van der Waals surface area contributed by atoms with E-state index in [9.17, 15) is 24.0 Å². The number of imidazole rings is 1. The van der Waals surface area contributed by atoms with Gasteiger partial charge in [0.25, 0.3) is 11.8 Å². The molecule has 1 saturated carbocycles. The van der Waals surface area contributed by atoms with Gasteiger partial charge in [0.1, 0.15) is 17.6 Å². The summed E-state index contributed by atoms with van der Waals surface area (Å²) < 4.78 is 2.25. The molecule has 13 nitrogen and oxygen atoms in total. The maximum Gasteiger partial charge on any atom is 0.269 e. The Morgan fingerprint density at radius 3 is 2.59 bits per heavy atom. The van der Waals surface area contributed by atoms with Gasteiger partial charge in [-0.2, -0.15) is 0 Å². The molecule has 0 spiro atoms. The quantitative estimate of drug-likeness (QED) is 0.204. The third kappa shape index (κ3) is 6.30. The van der Waals surface area contributed by atoms with Crippen LogP contribution in [-0.2, 0) is 40.4 Å². The van der Waals surface area contributed by atoms with Crippen LogP contribution in [0.5, 0.6) is 0 Å². The van der Waals surface area contributed by atoms with Gasteiger partial charge < -0.3 is 19.7 Å². The molecule has 2 N–H and O–H groups in total. The molecule has 5 aromatic rings. The number of pyridine rings is 2. The molecule has 13 heteroatoms. The number of amides is 5. The fraction of sp³-hybridized carbons (Fsp3) is 0.349. The molecule has 5 amide bonds. The van der Waals surface area contributed by atoms with Gasteiger partial charge in [0.05, 0.1) is 23.6 Å². The molecule has 3 aromatic heterocycles. The molecule has 1 saturated heterocycles. The van der Waals surface area contributed by atoms with E-state index < -0.39 is 11.9 Å². The molecule has 4 aliphatic rings. The summed E-state index contributed by atoms with van der Waals surface area (Å²) in [5.41, 5.74) is 7.51. The Balaban J connectivity index is 0.831. The van der Waals surface area contributed by atoms with E-state index in [4.69, 9.17) is 9.97 Å². The van der Waals surface area contributed by atoms with Gasteiger partial charge in [-0.05, 0) is 71.9 Å². The smallest absolute Gasteiger partial charge is 0.269 e. The first-order valence-corrected chi connectivity index (χ1v) is 19.4. The van der Waals surface area contributed by atoms with Gasteiger partial charge in [-0.15, -0.1) is 0 Å². The number of benzene rings is 2. The van der Waals surface area contributed by atoms with E-state index in [1.165, 1.54) is 0 Å². The van der Waals surface area contributed by atoms with Crippen LogP contribution < -0.4 is 10.6 Å². The zero-order valence-corrected chi connectivity index (χ0v) is 31.4. The first-order valence-electron chi connectivity index (χ1n) is 19.4. The number of hydrogen-bond acceptors (Lipinski definition) is 8. The van der Waals surface area contributed by atoms with Gasteiger partial charge in [-0.3, -0.25) is 39.3 Å². The third-order valence-corrected chi connectivity index (χ3v) is 11.9. The summed E-state index contributed by atoms with van der Waals surface area (Å²) in [4.78, 5) is 80.5. The predicted molar refractivity (Wildman–Crippen MR) is 207 cm³/mol. The molecule has 1 unspecified atom stereocenters. The Morgan fingerprint density at radius 2 is 1.80 bits per heavy atom. The van der Waals surface area contributed by atoms with Crippen LogP contribution in [0.2, 0.25) is 0 Å². The second-order valence-electron chi connectivity index (χ2n) is 15.2. The van der Waals surface area contributed by atoms with Crippen molar-refractivity contribution in [2.45, 2.75) is 77.5 Å². The van der Waals surface area contributed by atoms with Gasteiger partial charge in [-0.1, -0.05) is 37.3 Å². The SMILES string of the molecule is CCc1nc(-c2cccc3cc(-c4ccc(C(=O)NCC[C@@H]5C[C@H]5c5cccc6c5CN(C5CCC(=O)NC5=O)C6=O)nc4)ncc23)c2n1CCN(C(C)=O)C2. The number of aromatic nitrogens is 4. The minimum absolute atomic E-state index is 0.0602. The molecule has 0 radical (unpaired) electrons. The van der Waals surface area contributed by atoms with E-state index in [0.717, 1.165) is 81.7 Å². The first kappa shape index (κ1) is 35.5. The predicted octanol–water partition coefficient (Wildman–Crippen LogP) is 4.77. The lowest BCUT2D eigenvalue weighted by atomic mass is 9.98. The summed E-state index contributed by atoms with van der Waals surface area (Å²) in [6, 6.07) is 16.9. The lowest BCUT2D eigenvalue weighted by molar-refractivity contribution is -0.137. The molecule has 2 aromatic carbocycles. The second-order valence-corrected chi connectivity index (χ2v) is 15.2. The fourth-order valence-electron chi connectivity index (χ4n) is 8.78. The highest BCUT2D eigenvalue weighted by Gasteiger charge is 2.44. The molecule has 56 heavy (non-hydrogen) atoms. The number of hydrogen-bond donors (Lipinski definition) is 2. The molecule has 2 fully saturated rings. The van der Waals surface area contributed by atoms with Crippen LogP contribution in [0.1, 0.15) is 88.9 Å². The lowest BCUT2D eigenvalue weighted by Crippen LogP contribution is -2.52. The Hall–Kier alpha value is -6.24. The van der Waals surface area contributed by atoms with E-state index in [-0.39, 0.29) is 36.0 Å². The molecule has 3 aliphatic heterocycles. The molecule has 6 heterocycles. The van der Waals surface area contributed by atoms with Gasteiger partial charge >= 0.3 is 0 Å². The zero-order valence-electron chi connectivity index (χ0n) is 31.4. The number of carbonyl (C=O) groups excluding carboxylic acids is 5. The maximum atomic E-state index is 13.3. The summed E-state index contributed by atoms with van der Waals surface area (Å²) in [6.45, 7) is 6.52. The fourth-order valence-corrected chi connectivity index (χ4v) is 8.78. The van der Waals surface area contributed by atoms with Crippen molar-refractivity contribution >= 4 is 40.3 Å². The molecule has 3 atom stereocenters. The van der Waals surface area contributed by atoms with Gasteiger partial charge in [0.2, 0.25) is 17.7 Å². The largest absolute Gasteiger partial charge is 0.351 e. The number of carbonyl (C=O) groups is 5. The van der Waals surface area contributed by atoms with Crippen molar-refractivity contribution in [1.29, 1.82) is 0 Å². The van der Waals surface area contributed by atoms with Gasteiger partial charge in [0.15, 0.2) is 0 Å². The molecular formula is C43H42N8O5. The zero-order chi connectivity index (χ0) is 38.7. The third-order valence-electron chi connectivity index (χ3n) is 11.9. The highest BCUT2D eigenvalue weighted by molar-refractivity contribution is 6.05. The Kier molecular flexibility index (Phi) is 8.94. The van der Waals surface area contributed by atoms with Gasteiger partial charge in [0, 0.05) is 80.4 Å². The monoisotopic (exact) mass is 750 g/mol. The summed E-state index contributed by atoms with van der Waals surface area (Å²) in [7, 11) is 0. The standard InChI is InChI=1S/C43H42N8O5/c1-3-38-47-40(37-23-49(24(2)52)16-17-50(37)38)29-8-4-6-25-19-35(46-21-32(25)29)27-10-11-34(45-20-27)41(54)44-15-14-26-18-31(26)28-7-5-9-30-33(28)22-51(43(30)56)36-12-13-39(53)48-42(36)55/h4-11,19-21,26,31,36H,3,12-18,22-23H2,1-2H3,(H,44,54)(H,48,53,55)/t26-,31-,36?/m1/s1. The average molecular weight is 751 g/mol. The Morgan fingerprint density at radius 1 is 0.964 bits per heavy atom. The summed E-state index contributed by atoms with van der Waals surface area (Å²) in [6.07, 6.45) is 6.67. The number of piperidine rings is 1. The number of nitrogens with zero attached hydrogens (tertiary/aromatic N) is 6. The highest BCUT2D eigenvalue weighted by Crippen LogP contribution is 2.51. The molecule has 284 valence electrons. The lowest BCUT2D eigenvalue weighted by Gasteiger charge is -2.29. The van der Waals surface area contributed by atoms with Crippen LogP contribution >= 0.6 is 0 Å². The maximum absolute atomic E-state index is 13.3. The average Bonchev–Trinajstić information content (AvgIpc) is 3.77. The van der Waals surface area contributed by atoms with E-state index in [2.05, 4.69) is 45.3 Å². The van der Waals surface area contributed by atoms with Crippen molar-refractivity contribution in [3.8, 4) is 22.5 Å². The van der Waals surface area contributed by atoms with Crippen LogP contribution in [0, 0.1) is 5.92 Å². The van der Waals surface area contributed by atoms with Crippen LogP contribution in [0.15, 0.2) is 67.0 Å². The summed E-state index contributed by atoms with van der Waals surface area (Å²) >= 11 is 0. The van der Waals surface area contributed by atoms with Gasteiger partial charge in [-0.25, -0.2) is 4.98 Å². The number of rotatable bonds is 9.